The molecular formula is C26H23N3O5. The molecule has 3 aromatic rings. The van der Waals surface area contributed by atoms with Crippen LogP contribution in [0.1, 0.15) is 18.1 Å². The smallest absolute Gasteiger partial charge is 0.282 e. The highest BCUT2D eigenvalue weighted by atomic mass is 16.6. The minimum Gasteiger partial charge on any atom is -0.497 e. The molecule has 2 amide bonds. The van der Waals surface area contributed by atoms with Crippen molar-refractivity contribution >= 4 is 28.8 Å². The normalized spacial score (nSPS) is 13.4. The molecule has 0 saturated carbocycles. The molecule has 0 aromatic heterocycles. The van der Waals surface area contributed by atoms with Gasteiger partial charge in [-0.3, -0.25) is 19.7 Å². The summed E-state index contributed by atoms with van der Waals surface area (Å²) in [6.45, 7) is 2.81. The topological polar surface area (TPSA) is 93.0 Å². The number of nitro benzene ring substituents is 1. The maximum atomic E-state index is 13.7. The molecule has 0 saturated heterocycles. The molecular weight excluding hydrogens is 434 g/mol. The molecule has 0 fully saturated rings. The van der Waals surface area contributed by atoms with Gasteiger partial charge >= 0.3 is 0 Å². The Labute approximate surface area is 196 Å². The minimum atomic E-state index is -0.503. The van der Waals surface area contributed by atoms with E-state index in [2.05, 4.69) is 0 Å². The van der Waals surface area contributed by atoms with Crippen LogP contribution in [0.5, 0.6) is 5.75 Å². The number of benzene rings is 3. The second kappa shape index (κ2) is 9.58. The minimum absolute atomic E-state index is 0.0936. The Morgan fingerprint density at radius 3 is 2.26 bits per heavy atom. The van der Waals surface area contributed by atoms with Crippen molar-refractivity contribution in [2.24, 2.45) is 0 Å². The average molecular weight is 457 g/mol. The van der Waals surface area contributed by atoms with Crippen molar-refractivity contribution in [2.45, 2.75) is 13.5 Å². The molecule has 0 N–H and O–H groups in total. The van der Waals surface area contributed by atoms with Gasteiger partial charge in [0.1, 0.15) is 11.4 Å². The Balaban J connectivity index is 1.83. The highest BCUT2D eigenvalue weighted by Crippen LogP contribution is 2.36. The highest BCUT2D eigenvalue weighted by molar-refractivity contribution is 6.45. The van der Waals surface area contributed by atoms with Crippen molar-refractivity contribution in [1.29, 1.82) is 0 Å². The summed E-state index contributed by atoms with van der Waals surface area (Å²) in [7, 11) is 1.51. The Kier molecular flexibility index (Phi) is 6.40. The van der Waals surface area contributed by atoms with Gasteiger partial charge in [0.15, 0.2) is 0 Å². The lowest BCUT2D eigenvalue weighted by molar-refractivity contribution is -0.384. The van der Waals surface area contributed by atoms with Gasteiger partial charge in [0.2, 0.25) is 0 Å². The zero-order valence-corrected chi connectivity index (χ0v) is 18.8. The zero-order valence-electron chi connectivity index (χ0n) is 18.8. The second-order valence-corrected chi connectivity index (χ2v) is 7.67. The van der Waals surface area contributed by atoms with Gasteiger partial charge in [0.25, 0.3) is 17.5 Å². The van der Waals surface area contributed by atoms with E-state index in [1.807, 2.05) is 42.2 Å². The van der Waals surface area contributed by atoms with E-state index in [-0.39, 0.29) is 17.0 Å². The van der Waals surface area contributed by atoms with Crippen LogP contribution in [-0.4, -0.2) is 35.3 Å². The zero-order chi connectivity index (χ0) is 24.2. The number of ether oxygens (including phenoxy) is 1. The molecule has 0 unspecified atom stereocenters. The summed E-state index contributed by atoms with van der Waals surface area (Å²) in [4.78, 5) is 41.0. The fraction of sp³-hybridized carbons (Fsp3) is 0.154. The lowest BCUT2D eigenvalue weighted by Crippen LogP contribution is -2.35. The van der Waals surface area contributed by atoms with Crippen LogP contribution < -0.4 is 9.64 Å². The molecule has 34 heavy (non-hydrogen) atoms. The molecule has 172 valence electrons. The molecule has 0 radical (unpaired) electrons. The largest absolute Gasteiger partial charge is 0.497 e. The van der Waals surface area contributed by atoms with E-state index in [0.717, 1.165) is 10.5 Å². The van der Waals surface area contributed by atoms with Gasteiger partial charge in [-0.1, -0.05) is 36.4 Å². The van der Waals surface area contributed by atoms with Crippen LogP contribution in [0.15, 0.2) is 84.6 Å². The summed E-state index contributed by atoms with van der Waals surface area (Å²) in [5, 5.41) is 11.1. The van der Waals surface area contributed by atoms with Crippen LogP contribution in [0.2, 0.25) is 0 Å². The summed E-state index contributed by atoms with van der Waals surface area (Å²) in [5.41, 5.74) is 2.19. The maximum absolute atomic E-state index is 13.7. The number of carbonyl (C=O) groups is 2. The van der Waals surface area contributed by atoms with Gasteiger partial charge in [0, 0.05) is 31.3 Å². The van der Waals surface area contributed by atoms with E-state index in [4.69, 9.17) is 4.74 Å². The van der Waals surface area contributed by atoms with Gasteiger partial charge in [-0.05, 0) is 42.3 Å². The molecule has 1 aliphatic heterocycles. The lowest BCUT2D eigenvalue weighted by atomic mass is 10.0. The van der Waals surface area contributed by atoms with E-state index in [0.29, 0.717) is 30.1 Å². The fourth-order valence-electron chi connectivity index (χ4n) is 3.96. The van der Waals surface area contributed by atoms with E-state index in [1.165, 1.54) is 31.4 Å². The summed E-state index contributed by atoms with van der Waals surface area (Å²) in [5.74, 6) is -0.432. The Morgan fingerprint density at radius 1 is 0.941 bits per heavy atom. The predicted octanol–water partition coefficient (Wildman–Crippen LogP) is 4.41. The van der Waals surface area contributed by atoms with Crippen molar-refractivity contribution in [2.75, 3.05) is 18.6 Å². The van der Waals surface area contributed by atoms with Gasteiger partial charge < -0.3 is 9.64 Å². The van der Waals surface area contributed by atoms with Crippen molar-refractivity contribution in [3.8, 4) is 5.75 Å². The quantitative estimate of drug-likeness (QED) is 0.283. The van der Waals surface area contributed by atoms with Crippen LogP contribution in [0.4, 0.5) is 11.4 Å². The number of hydrogen-bond donors (Lipinski definition) is 0. The molecule has 0 atom stereocenters. The van der Waals surface area contributed by atoms with Crippen LogP contribution in [-0.2, 0) is 16.1 Å². The van der Waals surface area contributed by atoms with Gasteiger partial charge in [0.05, 0.1) is 23.3 Å². The van der Waals surface area contributed by atoms with Crippen molar-refractivity contribution < 1.29 is 19.2 Å². The Hall–Kier alpha value is -4.46. The Morgan fingerprint density at radius 2 is 1.65 bits per heavy atom. The monoisotopic (exact) mass is 457 g/mol. The predicted molar refractivity (Wildman–Crippen MR) is 128 cm³/mol. The molecule has 8 nitrogen and oxygen atoms in total. The number of hydrogen-bond acceptors (Lipinski definition) is 6. The molecule has 0 spiro atoms. The first-order chi connectivity index (χ1) is 16.4. The van der Waals surface area contributed by atoms with Crippen LogP contribution >= 0.6 is 0 Å². The number of non-ortho nitro benzene ring substituents is 1. The molecule has 1 aliphatic rings. The van der Waals surface area contributed by atoms with Crippen molar-refractivity contribution in [1.82, 2.24) is 4.90 Å². The molecule has 0 aliphatic carbocycles. The number of imide groups is 1. The number of likely N-dealkylation sites (N-methyl/N-ethyl adjacent to an activating group) is 1. The summed E-state index contributed by atoms with van der Waals surface area (Å²) < 4.78 is 5.27. The van der Waals surface area contributed by atoms with Gasteiger partial charge in [-0.15, -0.1) is 0 Å². The molecule has 0 bridgehead atoms. The van der Waals surface area contributed by atoms with Gasteiger partial charge in [-0.25, -0.2) is 4.90 Å². The van der Waals surface area contributed by atoms with E-state index >= 15 is 0 Å². The van der Waals surface area contributed by atoms with Crippen LogP contribution in [0, 0.1) is 10.1 Å². The van der Waals surface area contributed by atoms with E-state index in [9.17, 15) is 19.7 Å². The Bertz CT molecular complexity index is 1270. The van der Waals surface area contributed by atoms with Crippen LogP contribution in [0.3, 0.4) is 0 Å². The fourth-order valence-corrected chi connectivity index (χ4v) is 3.96. The van der Waals surface area contributed by atoms with Gasteiger partial charge in [-0.2, -0.15) is 0 Å². The number of methoxy groups -OCH3 is 1. The number of rotatable bonds is 8. The molecule has 4 rings (SSSR count). The number of nitro groups is 1. The SMILES string of the molecule is CCN(Cc1ccccc1)C1=C(c2ccc([N+](=O)[O-])cc2)C(=O)N(c2cccc(OC)c2)C1=O. The third-order valence-electron chi connectivity index (χ3n) is 5.65. The lowest BCUT2D eigenvalue weighted by Gasteiger charge is -2.25. The summed E-state index contributed by atoms with van der Waals surface area (Å²) >= 11 is 0. The standard InChI is InChI=1S/C26H23N3O5/c1-3-27(17-18-8-5-4-6-9-18)24-23(19-12-14-20(15-13-19)29(32)33)25(30)28(26(24)31)21-10-7-11-22(16-21)34-2/h4-16H,3,17H2,1-2H3. The third-order valence-corrected chi connectivity index (χ3v) is 5.65. The van der Waals surface area contributed by atoms with Crippen molar-refractivity contribution in [3.63, 3.8) is 0 Å². The summed E-state index contributed by atoms with van der Waals surface area (Å²) in [6.07, 6.45) is 0. The first kappa shape index (κ1) is 22.7. The molecule has 8 heteroatoms. The van der Waals surface area contributed by atoms with E-state index in [1.54, 1.807) is 24.3 Å². The van der Waals surface area contributed by atoms with E-state index < -0.39 is 16.7 Å². The molecule has 1 heterocycles. The number of nitrogens with zero attached hydrogens (tertiary/aromatic N) is 3. The average Bonchev–Trinajstić information content (AvgIpc) is 3.12. The van der Waals surface area contributed by atoms with Crippen molar-refractivity contribution in [3.05, 3.63) is 106 Å². The number of carbonyl (C=O) groups excluding carboxylic acids is 2. The molecule has 3 aromatic carbocycles. The summed E-state index contributed by atoms with van der Waals surface area (Å²) in [6, 6.07) is 22.1. The first-order valence-electron chi connectivity index (χ1n) is 10.8. The third kappa shape index (κ3) is 4.25. The number of amides is 2. The van der Waals surface area contributed by atoms with Crippen LogP contribution in [0.25, 0.3) is 5.57 Å². The first-order valence-corrected chi connectivity index (χ1v) is 10.8. The second-order valence-electron chi connectivity index (χ2n) is 7.67. The highest BCUT2D eigenvalue weighted by Gasteiger charge is 2.42. The number of anilines is 1. The maximum Gasteiger partial charge on any atom is 0.282 e.